The smallest absolute Gasteiger partial charge is 0.371 e. The number of carboxylic acid groups (broad SMARTS) is 1. The molecular weight excluding hydrogens is 242 g/mol. The molecule has 0 aliphatic carbocycles. The predicted octanol–water partition coefficient (Wildman–Crippen LogP) is -0.614. The van der Waals surface area contributed by atoms with Crippen molar-refractivity contribution in [3.63, 3.8) is 0 Å². The Balaban J connectivity index is 0.00000256. The Morgan fingerprint density at radius 1 is 1.35 bits per heavy atom. The van der Waals surface area contributed by atoms with Crippen LogP contribution >= 0.6 is 0 Å². The Kier molecular flexibility index (Phi) is 6.92. The van der Waals surface area contributed by atoms with Gasteiger partial charge in [-0.05, 0) is 19.2 Å². The van der Waals surface area contributed by atoms with Gasteiger partial charge in [-0.2, -0.15) is 0 Å². The van der Waals surface area contributed by atoms with Gasteiger partial charge in [0.2, 0.25) is 5.76 Å². The van der Waals surface area contributed by atoms with E-state index >= 15 is 0 Å². The van der Waals surface area contributed by atoms with Gasteiger partial charge in [-0.3, -0.25) is 4.90 Å². The zero-order valence-corrected chi connectivity index (χ0v) is 11.3. The summed E-state index contributed by atoms with van der Waals surface area (Å²) in [6.07, 6.45) is 0.726. The van der Waals surface area contributed by atoms with Crippen molar-refractivity contribution >= 4 is 5.97 Å². The van der Waals surface area contributed by atoms with Crippen LogP contribution in [-0.2, 0) is 13.0 Å². The van der Waals surface area contributed by atoms with Gasteiger partial charge in [0, 0.05) is 18.5 Å². The van der Waals surface area contributed by atoms with Gasteiger partial charge in [-0.15, -0.1) is 0 Å². The minimum Gasteiger partial charge on any atom is -1.00 e. The van der Waals surface area contributed by atoms with E-state index in [0.29, 0.717) is 0 Å². The van der Waals surface area contributed by atoms with Gasteiger partial charge in [0.05, 0.1) is 0 Å². The second-order valence-corrected chi connectivity index (χ2v) is 3.68. The summed E-state index contributed by atoms with van der Waals surface area (Å²) >= 11 is 0. The van der Waals surface area contributed by atoms with E-state index in [1.165, 1.54) is 0 Å². The van der Waals surface area contributed by atoms with Crippen LogP contribution in [0.25, 0.3) is 0 Å². The Labute approximate surface area is 108 Å². The van der Waals surface area contributed by atoms with Crippen LogP contribution in [0.5, 0.6) is 0 Å². The quantitative estimate of drug-likeness (QED) is 0.741. The van der Waals surface area contributed by atoms with Crippen molar-refractivity contribution in [2.75, 3.05) is 13.1 Å². The molecule has 1 aromatic heterocycles. The monoisotopic (exact) mass is 260 g/mol. The number of aryl methyl sites for hydroxylation is 1. The fraction of sp³-hybridized carbons (Fsp3) is 0.583. The highest BCUT2D eigenvalue weighted by Gasteiger charge is 2.15. The van der Waals surface area contributed by atoms with Gasteiger partial charge in [-0.1, -0.05) is 20.8 Å². The van der Waals surface area contributed by atoms with Crippen molar-refractivity contribution in [1.29, 1.82) is 0 Å². The molecule has 0 radical (unpaired) electrons. The van der Waals surface area contributed by atoms with E-state index in [1.54, 1.807) is 6.07 Å². The standard InChI is InChI=1S/C12H19NO3.ClH/c1-4-10-9(8-13(5-2)6-3)7-11(16-10)12(14)15;/h7H,4-6,8H2,1-3H3,(H,14,15);1H/p-1. The summed E-state index contributed by atoms with van der Waals surface area (Å²) < 4.78 is 5.29. The number of furan rings is 1. The Morgan fingerprint density at radius 2 is 1.94 bits per heavy atom. The summed E-state index contributed by atoms with van der Waals surface area (Å²) in [6, 6.07) is 1.64. The fourth-order valence-corrected chi connectivity index (χ4v) is 1.69. The Bertz CT molecular complexity index is 359. The summed E-state index contributed by atoms with van der Waals surface area (Å²) in [5, 5.41) is 8.86. The van der Waals surface area contributed by atoms with Crippen LogP contribution in [0.1, 0.15) is 42.6 Å². The van der Waals surface area contributed by atoms with Gasteiger partial charge in [-0.25, -0.2) is 4.79 Å². The first-order valence-corrected chi connectivity index (χ1v) is 5.69. The molecule has 0 spiro atoms. The zero-order chi connectivity index (χ0) is 12.1. The van der Waals surface area contributed by atoms with E-state index in [4.69, 9.17) is 9.52 Å². The molecule has 0 saturated carbocycles. The van der Waals surface area contributed by atoms with Gasteiger partial charge in [0.15, 0.2) is 0 Å². The maximum absolute atomic E-state index is 10.8. The summed E-state index contributed by atoms with van der Waals surface area (Å²) in [5.41, 5.74) is 0.989. The first kappa shape index (κ1) is 16.0. The summed E-state index contributed by atoms with van der Waals surface area (Å²) in [6.45, 7) is 8.81. The molecule has 0 amide bonds. The maximum atomic E-state index is 10.8. The molecule has 0 unspecified atom stereocenters. The summed E-state index contributed by atoms with van der Waals surface area (Å²) in [5.74, 6) is -0.177. The Hall–Kier alpha value is -1.00. The number of hydrogen-bond acceptors (Lipinski definition) is 3. The molecule has 0 aliphatic rings. The predicted molar refractivity (Wildman–Crippen MR) is 61.7 cm³/mol. The third kappa shape index (κ3) is 4.06. The van der Waals surface area contributed by atoms with Crippen LogP contribution in [0, 0.1) is 0 Å². The van der Waals surface area contributed by atoms with E-state index in [-0.39, 0.29) is 18.2 Å². The number of carbonyl (C=O) groups is 1. The number of aromatic carboxylic acids is 1. The van der Waals surface area contributed by atoms with E-state index in [0.717, 1.165) is 37.4 Å². The molecule has 17 heavy (non-hydrogen) atoms. The molecule has 5 heteroatoms. The molecule has 4 nitrogen and oxygen atoms in total. The third-order valence-electron chi connectivity index (χ3n) is 2.72. The summed E-state index contributed by atoms with van der Waals surface area (Å²) in [4.78, 5) is 13.0. The van der Waals surface area contributed by atoms with Crippen LogP contribution in [0.15, 0.2) is 10.5 Å². The highest BCUT2D eigenvalue weighted by Crippen LogP contribution is 2.18. The average Bonchev–Trinajstić information content (AvgIpc) is 2.69. The molecule has 0 saturated heterocycles. The molecule has 0 atom stereocenters. The highest BCUT2D eigenvalue weighted by molar-refractivity contribution is 5.84. The lowest BCUT2D eigenvalue weighted by atomic mass is 10.2. The number of rotatable bonds is 6. The zero-order valence-electron chi connectivity index (χ0n) is 10.5. The van der Waals surface area contributed by atoms with Crippen LogP contribution in [0.2, 0.25) is 0 Å². The average molecular weight is 261 g/mol. The van der Waals surface area contributed by atoms with Gasteiger partial charge in [0.25, 0.3) is 0 Å². The van der Waals surface area contributed by atoms with Crippen molar-refractivity contribution in [2.45, 2.75) is 33.7 Å². The molecule has 1 aromatic rings. The lowest BCUT2D eigenvalue weighted by Gasteiger charge is -2.17. The molecule has 1 heterocycles. The Morgan fingerprint density at radius 3 is 2.35 bits per heavy atom. The molecule has 98 valence electrons. The first-order valence-electron chi connectivity index (χ1n) is 5.69. The molecule has 1 rings (SSSR count). The van der Waals surface area contributed by atoms with E-state index in [9.17, 15) is 4.79 Å². The lowest BCUT2D eigenvalue weighted by molar-refractivity contribution is -0.0000190. The highest BCUT2D eigenvalue weighted by atomic mass is 35.5. The van der Waals surface area contributed by atoms with E-state index < -0.39 is 5.97 Å². The molecule has 0 bridgehead atoms. The maximum Gasteiger partial charge on any atom is 0.371 e. The summed E-state index contributed by atoms with van der Waals surface area (Å²) in [7, 11) is 0. The minimum atomic E-state index is -1.000. The SMILES string of the molecule is CCc1oc(C(=O)O)cc1CN(CC)CC.[Cl-]. The topological polar surface area (TPSA) is 53.7 Å². The van der Waals surface area contributed by atoms with Crippen LogP contribution in [-0.4, -0.2) is 29.1 Å². The number of carboxylic acids is 1. The van der Waals surface area contributed by atoms with Crippen molar-refractivity contribution in [3.05, 3.63) is 23.2 Å². The van der Waals surface area contributed by atoms with Crippen molar-refractivity contribution in [3.8, 4) is 0 Å². The van der Waals surface area contributed by atoms with Crippen molar-refractivity contribution in [1.82, 2.24) is 4.90 Å². The molecule has 1 N–H and O–H groups in total. The first-order chi connectivity index (χ1) is 7.62. The normalized spacial score (nSPS) is 10.4. The number of halogens is 1. The van der Waals surface area contributed by atoms with Crippen molar-refractivity contribution in [2.24, 2.45) is 0 Å². The lowest BCUT2D eigenvalue weighted by Crippen LogP contribution is -3.00. The van der Waals surface area contributed by atoms with Crippen LogP contribution in [0.3, 0.4) is 0 Å². The van der Waals surface area contributed by atoms with E-state index in [2.05, 4.69) is 18.7 Å². The molecule has 0 fully saturated rings. The third-order valence-corrected chi connectivity index (χ3v) is 2.72. The van der Waals surface area contributed by atoms with Gasteiger partial charge in [0.1, 0.15) is 5.76 Å². The van der Waals surface area contributed by atoms with Crippen LogP contribution in [0.4, 0.5) is 0 Å². The number of hydrogen-bond donors (Lipinski definition) is 1. The largest absolute Gasteiger partial charge is 1.00 e. The van der Waals surface area contributed by atoms with Gasteiger partial charge >= 0.3 is 5.97 Å². The second-order valence-electron chi connectivity index (χ2n) is 3.68. The molecular formula is C12H19ClNO3-. The van der Waals surface area contributed by atoms with E-state index in [1.807, 2.05) is 6.92 Å². The second kappa shape index (κ2) is 7.35. The molecule has 0 aliphatic heterocycles. The number of nitrogens with zero attached hydrogens (tertiary/aromatic N) is 1. The minimum absolute atomic E-state index is 0. The fourth-order valence-electron chi connectivity index (χ4n) is 1.69. The van der Waals surface area contributed by atoms with Crippen molar-refractivity contribution < 1.29 is 26.7 Å². The van der Waals surface area contributed by atoms with Crippen LogP contribution < -0.4 is 12.4 Å². The molecule has 0 aromatic carbocycles. The van der Waals surface area contributed by atoms with Gasteiger partial charge < -0.3 is 21.9 Å².